The smallest absolute Gasteiger partial charge is 0.240 e. The Balaban J connectivity index is 1.74. The van der Waals surface area contributed by atoms with Gasteiger partial charge in [-0.25, -0.2) is 13.1 Å². The first-order chi connectivity index (χ1) is 14.8. The van der Waals surface area contributed by atoms with E-state index in [1.165, 1.54) is 12.1 Å². The molecule has 0 aliphatic rings. The van der Waals surface area contributed by atoms with Crippen molar-refractivity contribution in [3.63, 3.8) is 0 Å². The summed E-state index contributed by atoms with van der Waals surface area (Å²) in [7, 11) is -3.53. The SMILES string of the molecule is CCCCCCNS(=O)(=O)c1ccc(NC(=O)CCCOc2ccc(Cl)cc2C)cc1. The minimum atomic E-state index is -3.53. The van der Waals surface area contributed by atoms with Crippen molar-refractivity contribution in [1.82, 2.24) is 4.72 Å². The minimum Gasteiger partial charge on any atom is -0.493 e. The largest absolute Gasteiger partial charge is 0.493 e. The van der Waals surface area contributed by atoms with E-state index in [9.17, 15) is 13.2 Å². The van der Waals surface area contributed by atoms with Crippen LogP contribution in [-0.2, 0) is 14.8 Å². The molecule has 8 heteroatoms. The lowest BCUT2D eigenvalue weighted by Crippen LogP contribution is -2.24. The van der Waals surface area contributed by atoms with Crippen LogP contribution < -0.4 is 14.8 Å². The second-order valence-corrected chi connectivity index (χ2v) is 9.60. The Bertz CT molecular complexity index is 947. The van der Waals surface area contributed by atoms with Crippen LogP contribution in [0.5, 0.6) is 5.75 Å². The van der Waals surface area contributed by atoms with Gasteiger partial charge in [-0.2, -0.15) is 0 Å². The predicted molar refractivity (Wildman–Crippen MR) is 125 cm³/mol. The number of nitrogens with one attached hydrogen (secondary N) is 2. The van der Waals surface area contributed by atoms with E-state index >= 15 is 0 Å². The Kier molecular flexibility index (Phi) is 10.3. The second kappa shape index (κ2) is 12.7. The summed E-state index contributed by atoms with van der Waals surface area (Å²) in [6.07, 6.45) is 4.89. The summed E-state index contributed by atoms with van der Waals surface area (Å²) < 4.78 is 32.9. The molecule has 2 rings (SSSR count). The summed E-state index contributed by atoms with van der Waals surface area (Å²) in [6, 6.07) is 11.6. The molecule has 0 atom stereocenters. The molecule has 0 fully saturated rings. The first kappa shape index (κ1) is 25.2. The molecule has 0 saturated heterocycles. The van der Waals surface area contributed by atoms with Crippen molar-refractivity contribution in [2.75, 3.05) is 18.5 Å². The van der Waals surface area contributed by atoms with Crippen molar-refractivity contribution < 1.29 is 17.9 Å². The summed E-state index contributed by atoms with van der Waals surface area (Å²) >= 11 is 5.93. The second-order valence-electron chi connectivity index (χ2n) is 7.39. The molecule has 0 heterocycles. The van der Waals surface area contributed by atoms with E-state index in [0.29, 0.717) is 36.7 Å². The van der Waals surface area contributed by atoms with Crippen LogP contribution in [0, 0.1) is 6.92 Å². The maximum absolute atomic E-state index is 12.3. The number of hydrogen-bond acceptors (Lipinski definition) is 4. The molecule has 0 spiro atoms. The minimum absolute atomic E-state index is 0.152. The van der Waals surface area contributed by atoms with Crippen molar-refractivity contribution in [1.29, 1.82) is 0 Å². The molecule has 0 aliphatic heterocycles. The molecule has 0 aromatic heterocycles. The van der Waals surface area contributed by atoms with Crippen molar-refractivity contribution >= 4 is 33.2 Å². The number of carbonyl (C=O) groups excluding carboxylic acids is 1. The Labute approximate surface area is 190 Å². The molecular weight excluding hydrogens is 436 g/mol. The van der Waals surface area contributed by atoms with Crippen LogP contribution in [0.3, 0.4) is 0 Å². The van der Waals surface area contributed by atoms with E-state index < -0.39 is 10.0 Å². The molecule has 0 aliphatic carbocycles. The van der Waals surface area contributed by atoms with Crippen molar-refractivity contribution in [2.24, 2.45) is 0 Å². The molecule has 0 radical (unpaired) electrons. The quantitative estimate of drug-likeness (QED) is 0.392. The van der Waals surface area contributed by atoms with E-state index in [4.69, 9.17) is 16.3 Å². The highest BCUT2D eigenvalue weighted by molar-refractivity contribution is 7.89. The van der Waals surface area contributed by atoms with Crippen LogP contribution in [0.2, 0.25) is 5.02 Å². The number of benzene rings is 2. The number of amides is 1. The molecule has 0 bridgehead atoms. The zero-order chi connectivity index (χ0) is 22.7. The lowest BCUT2D eigenvalue weighted by molar-refractivity contribution is -0.116. The van der Waals surface area contributed by atoms with E-state index in [0.717, 1.165) is 37.0 Å². The van der Waals surface area contributed by atoms with Gasteiger partial charge in [0.1, 0.15) is 5.75 Å². The fraction of sp³-hybridized carbons (Fsp3) is 0.435. The van der Waals surface area contributed by atoms with Gasteiger partial charge in [-0.1, -0.05) is 37.8 Å². The van der Waals surface area contributed by atoms with E-state index in [2.05, 4.69) is 17.0 Å². The lowest BCUT2D eigenvalue weighted by Gasteiger charge is -2.10. The summed E-state index contributed by atoms with van der Waals surface area (Å²) in [6.45, 7) is 4.87. The third-order valence-electron chi connectivity index (χ3n) is 4.71. The Morgan fingerprint density at radius 3 is 2.45 bits per heavy atom. The van der Waals surface area contributed by atoms with Gasteiger partial charge in [-0.05, 0) is 67.8 Å². The van der Waals surface area contributed by atoms with E-state index in [-0.39, 0.29) is 10.8 Å². The zero-order valence-corrected chi connectivity index (χ0v) is 19.7. The fourth-order valence-corrected chi connectivity index (χ4v) is 4.27. The van der Waals surface area contributed by atoms with Crippen LogP contribution in [0.1, 0.15) is 51.0 Å². The van der Waals surface area contributed by atoms with Crippen molar-refractivity contribution in [2.45, 2.75) is 57.3 Å². The highest BCUT2D eigenvalue weighted by atomic mass is 35.5. The van der Waals surface area contributed by atoms with Gasteiger partial charge < -0.3 is 10.1 Å². The van der Waals surface area contributed by atoms with Gasteiger partial charge in [-0.15, -0.1) is 0 Å². The standard InChI is InChI=1S/C23H31ClN2O4S/c1-3-4-5-6-15-25-31(28,29)21-12-10-20(11-13-21)26-23(27)8-7-16-30-22-14-9-19(24)17-18(22)2/h9-14,17,25H,3-8,15-16H2,1-2H3,(H,26,27). The average Bonchev–Trinajstić information content (AvgIpc) is 2.72. The molecule has 2 aromatic carbocycles. The van der Waals surface area contributed by atoms with Crippen LogP contribution in [-0.4, -0.2) is 27.5 Å². The molecule has 0 unspecified atom stereocenters. The Morgan fingerprint density at radius 2 is 1.77 bits per heavy atom. The molecule has 170 valence electrons. The monoisotopic (exact) mass is 466 g/mol. The molecule has 31 heavy (non-hydrogen) atoms. The van der Waals surface area contributed by atoms with Crippen LogP contribution in [0.25, 0.3) is 0 Å². The highest BCUT2D eigenvalue weighted by Gasteiger charge is 2.13. The van der Waals surface area contributed by atoms with Gasteiger partial charge in [0.05, 0.1) is 11.5 Å². The van der Waals surface area contributed by atoms with Crippen LogP contribution >= 0.6 is 11.6 Å². The summed E-state index contributed by atoms with van der Waals surface area (Å²) in [4.78, 5) is 12.3. The lowest BCUT2D eigenvalue weighted by atomic mass is 10.2. The number of halogens is 1. The van der Waals surface area contributed by atoms with Gasteiger partial charge >= 0.3 is 0 Å². The summed E-state index contributed by atoms with van der Waals surface area (Å²) in [5.41, 5.74) is 1.50. The number of unbranched alkanes of at least 4 members (excludes halogenated alkanes) is 3. The third kappa shape index (κ3) is 8.89. The van der Waals surface area contributed by atoms with Gasteiger partial charge in [0.2, 0.25) is 15.9 Å². The predicted octanol–water partition coefficient (Wildman–Crippen LogP) is 5.30. The molecule has 2 N–H and O–H groups in total. The van der Waals surface area contributed by atoms with Gasteiger partial charge in [0.15, 0.2) is 0 Å². The number of carbonyl (C=O) groups is 1. The number of rotatable bonds is 13. The average molecular weight is 467 g/mol. The number of anilines is 1. The molecular formula is C23H31ClN2O4S. The van der Waals surface area contributed by atoms with Gasteiger partial charge in [0, 0.05) is 23.7 Å². The van der Waals surface area contributed by atoms with Gasteiger partial charge in [-0.3, -0.25) is 4.79 Å². The summed E-state index contributed by atoms with van der Waals surface area (Å²) in [5.74, 6) is 0.599. The third-order valence-corrected chi connectivity index (χ3v) is 6.43. The topological polar surface area (TPSA) is 84.5 Å². The van der Waals surface area contributed by atoms with E-state index in [1.54, 1.807) is 18.2 Å². The first-order valence-electron chi connectivity index (χ1n) is 10.6. The number of aryl methyl sites for hydroxylation is 1. The van der Waals surface area contributed by atoms with Crippen LogP contribution in [0.15, 0.2) is 47.4 Å². The number of ether oxygens (including phenoxy) is 1. The Hall–Kier alpha value is -2.09. The van der Waals surface area contributed by atoms with Crippen LogP contribution in [0.4, 0.5) is 5.69 Å². The maximum Gasteiger partial charge on any atom is 0.240 e. The number of hydrogen-bond donors (Lipinski definition) is 2. The maximum atomic E-state index is 12.3. The van der Waals surface area contributed by atoms with E-state index in [1.807, 2.05) is 19.1 Å². The molecule has 6 nitrogen and oxygen atoms in total. The Morgan fingerprint density at radius 1 is 1.03 bits per heavy atom. The fourth-order valence-electron chi connectivity index (χ4n) is 2.97. The number of sulfonamides is 1. The highest BCUT2D eigenvalue weighted by Crippen LogP contribution is 2.22. The zero-order valence-electron chi connectivity index (χ0n) is 18.1. The molecule has 0 saturated carbocycles. The first-order valence-corrected chi connectivity index (χ1v) is 12.5. The summed E-state index contributed by atoms with van der Waals surface area (Å²) in [5, 5.41) is 3.44. The molecule has 2 aromatic rings. The van der Waals surface area contributed by atoms with Gasteiger partial charge in [0.25, 0.3) is 0 Å². The van der Waals surface area contributed by atoms with Crippen molar-refractivity contribution in [3.8, 4) is 5.75 Å². The van der Waals surface area contributed by atoms with Crippen molar-refractivity contribution in [3.05, 3.63) is 53.1 Å². The normalized spacial score (nSPS) is 11.3. The molecule has 1 amide bonds.